The van der Waals surface area contributed by atoms with E-state index in [1.54, 1.807) is 32.0 Å². The number of ether oxygens (including phenoxy) is 1. The molecule has 0 aliphatic rings. The van der Waals surface area contributed by atoms with Crippen LogP contribution in [0.2, 0.25) is 0 Å². The lowest BCUT2D eigenvalue weighted by molar-refractivity contribution is -0.118. The molecule has 0 saturated heterocycles. The molecule has 0 atom stereocenters. The maximum atomic E-state index is 13.6. The van der Waals surface area contributed by atoms with E-state index in [2.05, 4.69) is 10.3 Å². The smallest absolute Gasteiger partial charge is 0.340 e. The molecule has 1 aromatic carbocycles. The molecule has 2 rings (SSSR count). The average Bonchev–Trinajstić information content (AvgIpc) is 2.68. The zero-order chi connectivity index (χ0) is 20.5. The minimum Gasteiger partial charge on any atom is -0.462 e. The maximum absolute atomic E-state index is 13.6. The number of aromatic nitrogens is 1. The molecule has 8 heteroatoms. The molecule has 0 aliphatic carbocycles. The fraction of sp³-hybridized carbons (Fsp3) is 0.300. The molecule has 1 amide bonds. The van der Waals surface area contributed by atoms with Crippen molar-refractivity contribution in [1.82, 2.24) is 10.3 Å². The van der Waals surface area contributed by atoms with Crippen LogP contribution >= 0.6 is 11.8 Å². The van der Waals surface area contributed by atoms with E-state index >= 15 is 0 Å². The van der Waals surface area contributed by atoms with E-state index in [0.29, 0.717) is 29.2 Å². The number of esters is 1. The van der Waals surface area contributed by atoms with E-state index in [0.717, 1.165) is 11.8 Å². The van der Waals surface area contributed by atoms with Crippen LogP contribution in [0.4, 0.5) is 4.39 Å². The molecule has 146 valence electrons. The van der Waals surface area contributed by atoms with E-state index in [1.807, 2.05) is 6.07 Å². The fourth-order valence-corrected chi connectivity index (χ4v) is 3.24. The lowest BCUT2D eigenvalue weighted by Gasteiger charge is -2.09. The van der Waals surface area contributed by atoms with Crippen LogP contribution in [0.1, 0.15) is 34.1 Å². The molecule has 0 spiro atoms. The Morgan fingerprint density at radius 1 is 1.36 bits per heavy atom. The monoisotopic (exact) mass is 401 g/mol. The van der Waals surface area contributed by atoms with Crippen molar-refractivity contribution in [3.05, 3.63) is 58.5 Å². The molecule has 0 unspecified atom stereocenters. The van der Waals surface area contributed by atoms with E-state index in [9.17, 15) is 19.2 Å². The number of hydrogen-bond acceptors (Lipinski definition) is 6. The average molecular weight is 401 g/mol. The second kappa shape index (κ2) is 10.4. The molecule has 1 heterocycles. The van der Waals surface area contributed by atoms with Gasteiger partial charge in [0, 0.05) is 6.54 Å². The number of pyridine rings is 1. The number of amides is 1. The number of nitrogens with zero attached hydrogens (tertiary/aromatic N) is 2. The third kappa shape index (κ3) is 5.79. The topological polar surface area (TPSA) is 92.1 Å². The zero-order valence-electron chi connectivity index (χ0n) is 15.6. The van der Waals surface area contributed by atoms with Crippen molar-refractivity contribution in [1.29, 1.82) is 5.26 Å². The highest BCUT2D eigenvalue weighted by Crippen LogP contribution is 2.23. The van der Waals surface area contributed by atoms with Crippen LogP contribution in [0.5, 0.6) is 0 Å². The van der Waals surface area contributed by atoms with Crippen molar-refractivity contribution in [2.45, 2.75) is 25.3 Å². The van der Waals surface area contributed by atoms with E-state index in [1.165, 1.54) is 12.1 Å². The van der Waals surface area contributed by atoms with E-state index in [4.69, 9.17) is 4.74 Å². The predicted octanol–water partition coefficient (Wildman–Crippen LogP) is 3.03. The number of nitriles is 1. The molecule has 1 aromatic heterocycles. The summed E-state index contributed by atoms with van der Waals surface area (Å²) in [6.07, 6.45) is 0.387. The largest absolute Gasteiger partial charge is 0.462 e. The highest BCUT2D eigenvalue weighted by atomic mass is 32.2. The van der Waals surface area contributed by atoms with Crippen LogP contribution in [0.25, 0.3) is 0 Å². The molecular weight excluding hydrogens is 381 g/mol. The van der Waals surface area contributed by atoms with Gasteiger partial charge in [-0.2, -0.15) is 5.26 Å². The van der Waals surface area contributed by atoms with Gasteiger partial charge < -0.3 is 10.1 Å². The summed E-state index contributed by atoms with van der Waals surface area (Å²) in [5.74, 6) is -1.03. The summed E-state index contributed by atoms with van der Waals surface area (Å²) in [6.45, 7) is 3.87. The Bertz CT molecular complexity index is 912. The summed E-state index contributed by atoms with van der Waals surface area (Å²) in [5, 5.41) is 12.4. The number of nitrogens with one attached hydrogen (secondary N) is 1. The summed E-state index contributed by atoms with van der Waals surface area (Å²) in [7, 11) is 0. The van der Waals surface area contributed by atoms with Gasteiger partial charge in [-0.3, -0.25) is 4.79 Å². The second-order valence-electron chi connectivity index (χ2n) is 5.79. The molecule has 0 aliphatic heterocycles. The van der Waals surface area contributed by atoms with Gasteiger partial charge in [-0.25, -0.2) is 14.2 Å². The molecule has 2 aromatic rings. The maximum Gasteiger partial charge on any atom is 0.340 e. The third-order valence-corrected chi connectivity index (χ3v) is 4.80. The van der Waals surface area contributed by atoms with Gasteiger partial charge in [0.2, 0.25) is 5.91 Å². The number of thioether (sulfide) groups is 1. The number of benzene rings is 1. The normalized spacial score (nSPS) is 10.2. The molecule has 1 N–H and O–H groups in total. The van der Waals surface area contributed by atoms with Crippen LogP contribution < -0.4 is 5.32 Å². The van der Waals surface area contributed by atoms with E-state index < -0.39 is 5.97 Å². The molecule has 6 nitrogen and oxygen atoms in total. The summed E-state index contributed by atoms with van der Waals surface area (Å²) in [4.78, 5) is 28.2. The van der Waals surface area contributed by atoms with Crippen molar-refractivity contribution in [3.8, 4) is 6.07 Å². The van der Waals surface area contributed by atoms with Crippen LogP contribution in [0.15, 0.2) is 35.4 Å². The first-order chi connectivity index (χ1) is 13.5. The Morgan fingerprint density at radius 3 is 2.79 bits per heavy atom. The van der Waals surface area contributed by atoms with Crippen LogP contribution in [0, 0.1) is 24.1 Å². The molecule has 28 heavy (non-hydrogen) atoms. The summed E-state index contributed by atoms with van der Waals surface area (Å²) >= 11 is 1.11. The van der Waals surface area contributed by atoms with Gasteiger partial charge in [0.1, 0.15) is 16.9 Å². The number of hydrogen-bond donors (Lipinski definition) is 1. The SMILES string of the molecule is CCOC(=O)c1cc(C#N)c(SCC(=O)NCCc2ccccc2F)nc1C. The van der Waals surface area contributed by atoms with Crippen molar-refractivity contribution in [2.75, 3.05) is 18.9 Å². The van der Waals surface area contributed by atoms with Gasteiger partial charge in [0.05, 0.1) is 29.2 Å². The third-order valence-electron chi connectivity index (χ3n) is 3.81. The van der Waals surface area contributed by atoms with Gasteiger partial charge >= 0.3 is 5.97 Å². The Kier molecular flexibility index (Phi) is 7.96. The lowest BCUT2D eigenvalue weighted by Crippen LogP contribution is -2.27. The second-order valence-corrected chi connectivity index (χ2v) is 6.75. The van der Waals surface area contributed by atoms with Crippen LogP contribution in [0.3, 0.4) is 0 Å². The number of carbonyl (C=O) groups is 2. The first-order valence-electron chi connectivity index (χ1n) is 8.68. The number of aryl methyl sites for hydroxylation is 1. The van der Waals surface area contributed by atoms with Gasteiger partial charge in [-0.1, -0.05) is 30.0 Å². The van der Waals surface area contributed by atoms with Crippen molar-refractivity contribution in [2.24, 2.45) is 0 Å². The van der Waals surface area contributed by atoms with Crippen LogP contribution in [-0.2, 0) is 16.0 Å². The Balaban J connectivity index is 1.93. The molecule has 0 radical (unpaired) electrons. The van der Waals surface area contributed by atoms with E-state index in [-0.39, 0.29) is 35.2 Å². The lowest BCUT2D eigenvalue weighted by atomic mass is 10.1. The van der Waals surface area contributed by atoms with Gasteiger partial charge in [0.25, 0.3) is 0 Å². The number of halogens is 1. The highest BCUT2D eigenvalue weighted by Gasteiger charge is 2.17. The molecular formula is C20H20FN3O3S. The number of rotatable bonds is 8. The minimum atomic E-state index is -0.536. The molecule has 0 fully saturated rings. The van der Waals surface area contributed by atoms with Gasteiger partial charge in [0.15, 0.2) is 0 Å². The van der Waals surface area contributed by atoms with Gasteiger partial charge in [-0.15, -0.1) is 0 Å². The molecule has 0 saturated carbocycles. The minimum absolute atomic E-state index is 0.0527. The summed E-state index contributed by atoms with van der Waals surface area (Å²) in [6, 6.07) is 9.83. The summed E-state index contributed by atoms with van der Waals surface area (Å²) in [5.41, 5.74) is 1.41. The van der Waals surface area contributed by atoms with Crippen molar-refractivity contribution < 1.29 is 18.7 Å². The van der Waals surface area contributed by atoms with Gasteiger partial charge in [-0.05, 0) is 38.0 Å². The predicted molar refractivity (Wildman–Crippen MR) is 103 cm³/mol. The van der Waals surface area contributed by atoms with Crippen molar-refractivity contribution >= 4 is 23.6 Å². The Morgan fingerprint density at radius 2 is 2.11 bits per heavy atom. The Hall–Kier alpha value is -2.92. The number of carbonyl (C=O) groups excluding carboxylic acids is 2. The Labute approximate surface area is 167 Å². The fourth-order valence-electron chi connectivity index (χ4n) is 2.41. The standard InChI is InChI=1S/C20H20FN3O3S/c1-3-27-20(26)16-10-15(11-22)19(24-13(16)2)28-12-18(25)23-9-8-14-6-4-5-7-17(14)21/h4-7,10H,3,8-9,12H2,1-2H3,(H,23,25). The first-order valence-corrected chi connectivity index (χ1v) is 9.66. The van der Waals surface area contributed by atoms with Crippen LogP contribution in [-0.4, -0.2) is 35.8 Å². The highest BCUT2D eigenvalue weighted by molar-refractivity contribution is 8.00. The first kappa shape index (κ1) is 21.4. The zero-order valence-corrected chi connectivity index (χ0v) is 16.4. The quantitative estimate of drug-likeness (QED) is 0.540. The van der Waals surface area contributed by atoms with Crippen molar-refractivity contribution in [3.63, 3.8) is 0 Å². The summed E-state index contributed by atoms with van der Waals surface area (Å²) < 4.78 is 18.5. The molecule has 0 bridgehead atoms.